The van der Waals surface area contributed by atoms with Gasteiger partial charge < -0.3 is 10.6 Å². The van der Waals surface area contributed by atoms with Gasteiger partial charge in [0, 0.05) is 24.7 Å². The molecule has 0 aliphatic heterocycles. The van der Waals surface area contributed by atoms with E-state index in [4.69, 9.17) is 0 Å². The Morgan fingerprint density at radius 2 is 1.83 bits per heavy atom. The van der Waals surface area contributed by atoms with Gasteiger partial charge in [-0.15, -0.1) is 0 Å². The molecule has 0 fully saturated rings. The molecule has 0 aromatic carbocycles. The maximum absolute atomic E-state index is 4.62. The van der Waals surface area contributed by atoms with Crippen molar-refractivity contribution in [2.75, 3.05) is 26.2 Å². The summed E-state index contributed by atoms with van der Waals surface area (Å²) >= 11 is 0. The molecule has 0 bridgehead atoms. The molecule has 4 heteroatoms. The van der Waals surface area contributed by atoms with Gasteiger partial charge in [-0.25, -0.2) is 0 Å². The van der Waals surface area contributed by atoms with Crippen molar-refractivity contribution in [3.8, 4) is 0 Å². The van der Waals surface area contributed by atoms with Crippen LogP contribution in [-0.2, 0) is 0 Å². The quantitative estimate of drug-likeness (QED) is 0.564. The van der Waals surface area contributed by atoms with Gasteiger partial charge in [0.15, 0.2) is 5.96 Å². The van der Waals surface area contributed by atoms with E-state index >= 15 is 0 Å². The van der Waals surface area contributed by atoms with Gasteiger partial charge in [0.05, 0.1) is 6.54 Å². The van der Waals surface area contributed by atoms with E-state index in [9.17, 15) is 0 Å². The first kappa shape index (κ1) is 17.2. The standard InChI is InChI=1S/C14H32N4/c1-8-15-13(17-14(5,6)7)16-10-11-18(9-2)12(3)4/h12H,8-11H2,1-7H3,(H2,15,16,17). The number of aliphatic imine (C=N–C) groups is 1. The number of nitrogens with zero attached hydrogens (tertiary/aromatic N) is 2. The van der Waals surface area contributed by atoms with Crippen molar-refractivity contribution in [2.24, 2.45) is 4.99 Å². The molecule has 0 aliphatic rings. The third-order valence-corrected chi connectivity index (χ3v) is 2.63. The van der Waals surface area contributed by atoms with E-state index in [-0.39, 0.29) is 5.54 Å². The zero-order valence-corrected chi connectivity index (χ0v) is 13.3. The Balaban J connectivity index is 4.31. The first-order valence-electron chi connectivity index (χ1n) is 7.10. The molecule has 4 nitrogen and oxygen atoms in total. The Morgan fingerprint density at radius 1 is 1.22 bits per heavy atom. The molecule has 0 unspecified atom stereocenters. The average molecular weight is 256 g/mol. The number of nitrogens with one attached hydrogen (secondary N) is 2. The van der Waals surface area contributed by atoms with Gasteiger partial charge in [0.2, 0.25) is 0 Å². The highest BCUT2D eigenvalue weighted by molar-refractivity contribution is 5.80. The molecule has 0 aromatic heterocycles. The van der Waals surface area contributed by atoms with E-state index in [1.165, 1.54) is 0 Å². The molecule has 0 amide bonds. The maximum Gasteiger partial charge on any atom is 0.191 e. The van der Waals surface area contributed by atoms with Gasteiger partial charge >= 0.3 is 0 Å². The van der Waals surface area contributed by atoms with Crippen molar-refractivity contribution < 1.29 is 0 Å². The van der Waals surface area contributed by atoms with Gasteiger partial charge in [-0.1, -0.05) is 6.92 Å². The number of hydrogen-bond donors (Lipinski definition) is 2. The lowest BCUT2D eigenvalue weighted by atomic mass is 10.1. The lowest BCUT2D eigenvalue weighted by Crippen LogP contribution is -2.48. The van der Waals surface area contributed by atoms with E-state index in [1.54, 1.807) is 0 Å². The van der Waals surface area contributed by atoms with Crippen LogP contribution in [0.4, 0.5) is 0 Å². The van der Waals surface area contributed by atoms with Crippen LogP contribution in [0.1, 0.15) is 48.5 Å². The fraction of sp³-hybridized carbons (Fsp3) is 0.929. The third kappa shape index (κ3) is 8.34. The molecule has 0 saturated heterocycles. The predicted molar refractivity (Wildman–Crippen MR) is 81.3 cm³/mol. The van der Waals surface area contributed by atoms with Crippen molar-refractivity contribution in [2.45, 2.75) is 60.0 Å². The van der Waals surface area contributed by atoms with Gasteiger partial charge in [0.25, 0.3) is 0 Å². The second-order valence-electron chi connectivity index (χ2n) is 5.86. The summed E-state index contributed by atoms with van der Waals surface area (Å²) in [6, 6.07) is 0.586. The Kier molecular flexibility index (Phi) is 8.00. The number of guanidine groups is 1. The molecule has 2 N–H and O–H groups in total. The van der Waals surface area contributed by atoms with E-state index in [0.717, 1.165) is 32.1 Å². The number of hydrogen-bond acceptors (Lipinski definition) is 2. The summed E-state index contributed by atoms with van der Waals surface area (Å²) in [5.74, 6) is 0.907. The van der Waals surface area contributed by atoms with Crippen molar-refractivity contribution in [3.05, 3.63) is 0 Å². The van der Waals surface area contributed by atoms with Gasteiger partial charge in [-0.2, -0.15) is 0 Å². The summed E-state index contributed by atoms with van der Waals surface area (Å²) in [5.41, 5.74) is 0.0451. The first-order valence-corrected chi connectivity index (χ1v) is 7.10. The predicted octanol–water partition coefficient (Wildman–Crippen LogP) is 2.07. The fourth-order valence-electron chi connectivity index (χ4n) is 1.73. The minimum Gasteiger partial charge on any atom is -0.357 e. The Morgan fingerprint density at radius 3 is 2.22 bits per heavy atom. The lowest BCUT2D eigenvalue weighted by Gasteiger charge is -2.25. The smallest absolute Gasteiger partial charge is 0.191 e. The summed E-state index contributed by atoms with van der Waals surface area (Å²) in [6.07, 6.45) is 0. The van der Waals surface area contributed by atoms with Crippen LogP contribution in [0.15, 0.2) is 4.99 Å². The molecule has 0 saturated carbocycles. The second kappa shape index (κ2) is 8.35. The summed E-state index contributed by atoms with van der Waals surface area (Å²) < 4.78 is 0. The normalized spacial score (nSPS) is 13.3. The number of rotatable bonds is 6. The zero-order chi connectivity index (χ0) is 14.2. The summed E-state index contributed by atoms with van der Waals surface area (Å²) in [4.78, 5) is 7.04. The Labute approximate surface area is 113 Å². The molecule has 108 valence electrons. The van der Waals surface area contributed by atoms with Crippen molar-refractivity contribution in [1.82, 2.24) is 15.5 Å². The highest BCUT2D eigenvalue weighted by atomic mass is 15.2. The topological polar surface area (TPSA) is 39.7 Å². The molecule has 0 atom stereocenters. The first-order chi connectivity index (χ1) is 8.30. The molecular formula is C14H32N4. The molecule has 0 spiro atoms. The molecule has 0 aliphatic carbocycles. The largest absolute Gasteiger partial charge is 0.357 e. The van der Waals surface area contributed by atoms with Crippen molar-refractivity contribution in [1.29, 1.82) is 0 Å². The SMILES string of the molecule is CCNC(=NCCN(CC)C(C)C)NC(C)(C)C. The summed E-state index contributed by atoms with van der Waals surface area (Å²) in [7, 11) is 0. The maximum atomic E-state index is 4.62. The lowest BCUT2D eigenvalue weighted by molar-refractivity contribution is 0.240. The molecule has 18 heavy (non-hydrogen) atoms. The highest BCUT2D eigenvalue weighted by Gasteiger charge is 2.11. The van der Waals surface area contributed by atoms with Crippen LogP contribution in [0.25, 0.3) is 0 Å². The van der Waals surface area contributed by atoms with Crippen LogP contribution < -0.4 is 10.6 Å². The third-order valence-electron chi connectivity index (χ3n) is 2.63. The Bertz CT molecular complexity index is 241. The van der Waals surface area contributed by atoms with Crippen molar-refractivity contribution >= 4 is 5.96 Å². The zero-order valence-electron chi connectivity index (χ0n) is 13.3. The molecular weight excluding hydrogens is 224 g/mol. The minimum atomic E-state index is 0.0451. The number of likely N-dealkylation sites (N-methyl/N-ethyl adjacent to an activating group) is 1. The molecule has 0 rings (SSSR count). The molecule has 0 heterocycles. The fourth-order valence-corrected chi connectivity index (χ4v) is 1.73. The van der Waals surface area contributed by atoms with Crippen LogP contribution in [0.2, 0.25) is 0 Å². The Hall–Kier alpha value is -0.770. The van der Waals surface area contributed by atoms with Crippen LogP contribution >= 0.6 is 0 Å². The average Bonchev–Trinajstić information content (AvgIpc) is 2.21. The summed E-state index contributed by atoms with van der Waals surface area (Å²) in [6.45, 7) is 19.0. The van der Waals surface area contributed by atoms with E-state index in [0.29, 0.717) is 6.04 Å². The van der Waals surface area contributed by atoms with Crippen LogP contribution in [0.3, 0.4) is 0 Å². The molecule has 0 aromatic rings. The van der Waals surface area contributed by atoms with Crippen LogP contribution in [-0.4, -0.2) is 48.6 Å². The van der Waals surface area contributed by atoms with Gasteiger partial charge in [-0.05, 0) is 48.1 Å². The van der Waals surface area contributed by atoms with E-state index in [1.807, 2.05) is 0 Å². The molecule has 0 radical (unpaired) electrons. The van der Waals surface area contributed by atoms with Crippen molar-refractivity contribution in [3.63, 3.8) is 0 Å². The van der Waals surface area contributed by atoms with E-state index in [2.05, 4.69) is 69.0 Å². The monoisotopic (exact) mass is 256 g/mol. The van der Waals surface area contributed by atoms with Crippen LogP contribution in [0.5, 0.6) is 0 Å². The van der Waals surface area contributed by atoms with Crippen LogP contribution in [0, 0.1) is 0 Å². The van der Waals surface area contributed by atoms with Gasteiger partial charge in [-0.3, -0.25) is 9.89 Å². The van der Waals surface area contributed by atoms with Gasteiger partial charge in [0.1, 0.15) is 0 Å². The summed E-state index contributed by atoms with van der Waals surface area (Å²) in [5, 5.41) is 6.68. The second-order valence-corrected chi connectivity index (χ2v) is 5.86. The minimum absolute atomic E-state index is 0.0451. The highest BCUT2D eigenvalue weighted by Crippen LogP contribution is 1.99. The van der Waals surface area contributed by atoms with E-state index < -0.39 is 0 Å².